The number of hydrogen-bond donors (Lipinski definition) is 1. The highest BCUT2D eigenvalue weighted by Gasteiger charge is 2.10. The number of nitrogen functional groups attached to an aromatic ring is 1. The number of halogens is 2. The maximum atomic E-state index is 13.1. The first-order valence-electron chi connectivity index (χ1n) is 5.73. The zero-order valence-electron chi connectivity index (χ0n) is 10.0. The van der Waals surface area contributed by atoms with Gasteiger partial charge in [-0.15, -0.1) is 5.10 Å². The number of anilines is 1. The molecule has 18 heavy (non-hydrogen) atoms. The van der Waals surface area contributed by atoms with Gasteiger partial charge in [-0.3, -0.25) is 0 Å². The largest absolute Gasteiger partial charge is 0.381 e. The summed E-state index contributed by atoms with van der Waals surface area (Å²) in [6.07, 6.45) is 1.81. The molecule has 0 radical (unpaired) electrons. The fraction of sp³-hybridized carbons (Fsp3) is 0.333. The van der Waals surface area contributed by atoms with Gasteiger partial charge in [0, 0.05) is 0 Å². The Bertz CT molecular complexity index is 553. The van der Waals surface area contributed by atoms with Crippen molar-refractivity contribution < 1.29 is 4.39 Å². The fourth-order valence-corrected chi connectivity index (χ4v) is 2.20. The lowest BCUT2D eigenvalue weighted by Crippen LogP contribution is -2.07. The molecule has 0 amide bonds. The Kier molecular flexibility index (Phi) is 3.96. The summed E-state index contributed by atoms with van der Waals surface area (Å²) in [5.41, 5.74) is 7.65. The minimum absolute atomic E-state index is 0.273. The Labute approximate surface area is 113 Å². The number of hydrogen-bond acceptors (Lipinski definition) is 3. The molecule has 0 fully saturated rings. The summed E-state index contributed by atoms with van der Waals surface area (Å²) >= 11 is 3.17. The van der Waals surface area contributed by atoms with Crippen LogP contribution in [0.4, 0.5) is 10.2 Å². The molecule has 1 heterocycles. The van der Waals surface area contributed by atoms with Crippen LogP contribution < -0.4 is 5.73 Å². The van der Waals surface area contributed by atoms with Crippen LogP contribution in [0.1, 0.15) is 24.6 Å². The van der Waals surface area contributed by atoms with Crippen molar-refractivity contribution in [3.05, 3.63) is 39.7 Å². The van der Waals surface area contributed by atoms with Crippen LogP contribution in [0, 0.1) is 5.82 Å². The molecule has 4 nitrogen and oxygen atoms in total. The molecule has 0 saturated carbocycles. The molecule has 2 rings (SSSR count). The molecule has 2 N–H and O–H groups in total. The van der Waals surface area contributed by atoms with Crippen molar-refractivity contribution in [2.75, 3.05) is 5.73 Å². The molecule has 0 unspecified atom stereocenters. The van der Waals surface area contributed by atoms with Gasteiger partial charge < -0.3 is 5.73 Å². The second kappa shape index (κ2) is 5.48. The maximum absolute atomic E-state index is 13.1. The van der Waals surface area contributed by atoms with Gasteiger partial charge in [-0.2, -0.15) is 0 Å². The Morgan fingerprint density at radius 3 is 2.89 bits per heavy atom. The predicted molar refractivity (Wildman–Crippen MR) is 71.6 cm³/mol. The summed E-state index contributed by atoms with van der Waals surface area (Å²) in [6, 6.07) is 4.90. The molecule has 0 aliphatic carbocycles. The van der Waals surface area contributed by atoms with Crippen LogP contribution in [0.3, 0.4) is 0 Å². The molecule has 0 aliphatic heterocycles. The van der Waals surface area contributed by atoms with E-state index in [4.69, 9.17) is 5.73 Å². The van der Waals surface area contributed by atoms with Crippen LogP contribution in [-0.4, -0.2) is 15.0 Å². The third kappa shape index (κ3) is 2.69. The molecule has 6 heteroatoms. The number of benzene rings is 1. The Balaban J connectivity index is 2.25. The van der Waals surface area contributed by atoms with E-state index in [1.54, 1.807) is 16.8 Å². The van der Waals surface area contributed by atoms with Crippen molar-refractivity contribution in [2.24, 2.45) is 0 Å². The van der Waals surface area contributed by atoms with E-state index in [1.165, 1.54) is 6.07 Å². The fourth-order valence-electron chi connectivity index (χ4n) is 1.78. The van der Waals surface area contributed by atoms with Crippen LogP contribution in [0.2, 0.25) is 0 Å². The monoisotopic (exact) mass is 312 g/mol. The van der Waals surface area contributed by atoms with Crippen LogP contribution in [0.5, 0.6) is 0 Å². The molecule has 0 spiro atoms. The van der Waals surface area contributed by atoms with Gasteiger partial charge >= 0.3 is 0 Å². The number of rotatable bonds is 4. The van der Waals surface area contributed by atoms with Crippen molar-refractivity contribution in [1.29, 1.82) is 0 Å². The number of nitrogens with two attached hydrogens (primary N) is 1. The first kappa shape index (κ1) is 13.0. The topological polar surface area (TPSA) is 56.7 Å². The zero-order chi connectivity index (χ0) is 13.1. The minimum Gasteiger partial charge on any atom is -0.381 e. The highest BCUT2D eigenvalue weighted by Crippen LogP contribution is 2.18. The summed E-state index contributed by atoms with van der Waals surface area (Å²) in [4.78, 5) is 0. The van der Waals surface area contributed by atoms with E-state index < -0.39 is 0 Å². The molecule has 1 aromatic carbocycles. The Morgan fingerprint density at radius 2 is 2.22 bits per heavy atom. The average Bonchev–Trinajstić information content (AvgIpc) is 2.67. The SMILES string of the molecule is CCCc1c(N)nnn1Cc1ccc(F)c(Br)c1. The van der Waals surface area contributed by atoms with Crippen LogP contribution in [-0.2, 0) is 13.0 Å². The van der Waals surface area contributed by atoms with Crippen LogP contribution >= 0.6 is 15.9 Å². The molecular formula is C12H14BrFN4. The second-order valence-electron chi connectivity index (χ2n) is 4.08. The van der Waals surface area contributed by atoms with E-state index in [0.29, 0.717) is 16.8 Å². The first-order chi connectivity index (χ1) is 8.61. The van der Waals surface area contributed by atoms with Gasteiger partial charge in [0.2, 0.25) is 0 Å². The molecule has 0 saturated heterocycles. The van der Waals surface area contributed by atoms with Crippen molar-refractivity contribution in [1.82, 2.24) is 15.0 Å². The maximum Gasteiger partial charge on any atom is 0.169 e. The van der Waals surface area contributed by atoms with E-state index in [1.807, 2.05) is 0 Å². The van der Waals surface area contributed by atoms with Gasteiger partial charge in [0.15, 0.2) is 5.82 Å². The highest BCUT2D eigenvalue weighted by molar-refractivity contribution is 9.10. The Hall–Kier alpha value is -1.43. The number of nitrogens with zero attached hydrogens (tertiary/aromatic N) is 3. The van der Waals surface area contributed by atoms with Crippen LogP contribution in [0.25, 0.3) is 0 Å². The van der Waals surface area contributed by atoms with Gasteiger partial charge in [0.1, 0.15) is 5.82 Å². The van der Waals surface area contributed by atoms with Crippen molar-refractivity contribution in [3.63, 3.8) is 0 Å². The predicted octanol–water partition coefficient (Wildman–Crippen LogP) is 2.76. The van der Waals surface area contributed by atoms with E-state index >= 15 is 0 Å². The first-order valence-corrected chi connectivity index (χ1v) is 6.53. The zero-order valence-corrected chi connectivity index (χ0v) is 11.6. The lowest BCUT2D eigenvalue weighted by atomic mass is 10.2. The summed E-state index contributed by atoms with van der Waals surface area (Å²) in [5, 5.41) is 7.89. The lowest BCUT2D eigenvalue weighted by Gasteiger charge is -2.06. The van der Waals surface area contributed by atoms with Gasteiger partial charge in [-0.05, 0) is 40.0 Å². The summed E-state index contributed by atoms with van der Waals surface area (Å²) in [5.74, 6) is 0.198. The van der Waals surface area contributed by atoms with Crippen molar-refractivity contribution in [3.8, 4) is 0 Å². The second-order valence-corrected chi connectivity index (χ2v) is 4.93. The van der Waals surface area contributed by atoms with Gasteiger partial charge in [-0.25, -0.2) is 9.07 Å². The number of aromatic nitrogens is 3. The molecule has 1 aromatic heterocycles. The molecule has 0 bridgehead atoms. The standard InChI is InChI=1S/C12H14BrFN4/c1-2-3-11-12(15)16-17-18(11)7-8-4-5-10(14)9(13)6-8/h4-6H,2-3,7,15H2,1H3. The van der Waals surface area contributed by atoms with Gasteiger partial charge in [0.05, 0.1) is 16.7 Å². The Morgan fingerprint density at radius 1 is 1.44 bits per heavy atom. The van der Waals surface area contributed by atoms with E-state index in [-0.39, 0.29) is 5.82 Å². The van der Waals surface area contributed by atoms with E-state index in [0.717, 1.165) is 24.1 Å². The highest BCUT2D eigenvalue weighted by atomic mass is 79.9. The molecule has 0 aliphatic rings. The summed E-state index contributed by atoms with van der Waals surface area (Å²) in [6.45, 7) is 2.61. The summed E-state index contributed by atoms with van der Waals surface area (Å²) < 4.78 is 15.4. The van der Waals surface area contributed by atoms with Crippen LogP contribution in [0.15, 0.2) is 22.7 Å². The van der Waals surface area contributed by atoms with Gasteiger partial charge in [-0.1, -0.05) is 24.6 Å². The third-order valence-corrected chi connectivity index (χ3v) is 3.28. The minimum atomic E-state index is -0.273. The van der Waals surface area contributed by atoms with E-state index in [2.05, 4.69) is 33.2 Å². The van der Waals surface area contributed by atoms with E-state index in [9.17, 15) is 4.39 Å². The quantitative estimate of drug-likeness (QED) is 0.944. The van der Waals surface area contributed by atoms with Gasteiger partial charge in [0.25, 0.3) is 0 Å². The molecular weight excluding hydrogens is 299 g/mol. The third-order valence-electron chi connectivity index (χ3n) is 2.67. The molecule has 2 aromatic rings. The molecule has 0 atom stereocenters. The lowest BCUT2D eigenvalue weighted by molar-refractivity contribution is 0.603. The molecule has 96 valence electrons. The normalized spacial score (nSPS) is 10.8. The summed E-state index contributed by atoms with van der Waals surface area (Å²) in [7, 11) is 0. The average molecular weight is 313 g/mol. The smallest absolute Gasteiger partial charge is 0.169 e. The van der Waals surface area contributed by atoms with Crippen molar-refractivity contribution in [2.45, 2.75) is 26.3 Å². The van der Waals surface area contributed by atoms with Crippen molar-refractivity contribution >= 4 is 21.7 Å².